The van der Waals surface area contributed by atoms with E-state index < -0.39 is 0 Å². The molecule has 4 nitrogen and oxygen atoms in total. The lowest BCUT2D eigenvalue weighted by Crippen LogP contribution is -2.51. The lowest BCUT2D eigenvalue weighted by molar-refractivity contribution is -0.119. The topological polar surface area (TPSA) is 50.4 Å². The van der Waals surface area contributed by atoms with E-state index >= 15 is 0 Å². The molecule has 3 aliphatic rings. The van der Waals surface area contributed by atoms with Gasteiger partial charge in [-0.05, 0) is 51.4 Å². The van der Waals surface area contributed by atoms with Crippen LogP contribution in [0.5, 0.6) is 0 Å². The van der Waals surface area contributed by atoms with E-state index in [4.69, 9.17) is 4.74 Å². The lowest BCUT2D eigenvalue weighted by Gasteiger charge is -2.38. The zero-order valence-electron chi connectivity index (χ0n) is 14.7. The maximum absolute atomic E-state index is 11.2. The molecule has 4 heteroatoms. The maximum atomic E-state index is 11.2. The fourth-order valence-electron chi connectivity index (χ4n) is 4.72. The normalized spacial score (nSPS) is 36.0. The number of hydrogen-bond donors (Lipinski definition) is 2. The minimum absolute atomic E-state index is 0.110. The van der Waals surface area contributed by atoms with Gasteiger partial charge >= 0.3 is 0 Å². The van der Waals surface area contributed by atoms with E-state index in [1.165, 1.54) is 64.2 Å². The molecule has 23 heavy (non-hydrogen) atoms. The molecule has 0 bridgehead atoms. The Kier molecular flexibility index (Phi) is 6.35. The molecule has 3 rings (SSSR count). The van der Waals surface area contributed by atoms with Crippen molar-refractivity contribution in [1.82, 2.24) is 10.6 Å². The third-order valence-corrected chi connectivity index (χ3v) is 5.96. The van der Waals surface area contributed by atoms with Gasteiger partial charge in [-0.15, -0.1) is 0 Å². The summed E-state index contributed by atoms with van der Waals surface area (Å²) in [5.41, 5.74) is 0. The maximum Gasteiger partial charge on any atom is 0.217 e. The van der Waals surface area contributed by atoms with E-state index in [-0.39, 0.29) is 5.91 Å². The number of hydrogen-bond acceptors (Lipinski definition) is 3. The summed E-state index contributed by atoms with van der Waals surface area (Å²) in [5.74, 6) is 0.110. The Balaban J connectivity index is 1.44. The van der Waals surface area contributed by atoms with Crippen LogP contribution in [-0.4, -0.2) is 36.2 Å². The summed E-state index contributed by atoms with van der Waals surface area (Å²) < 4.78 is 6.46. The first kappa shape index (κ1) is 17.2. The Morgan fingerprint density at radius 2 is 1.43 bits per heavy atom. The second-order valence-corrected chi connectivity index (χ2v) is 7.89. The van der Waals surface area contributed by atoms with Gasteiger partial charge in [-0.1, -0.05) is 25.7 Å². The van der Waals surface area contributed by atoms with Crippen LogP contribution in [0.2, 0.25) is 0 Å². The smallest absolute Gasteiger partial charge is 0.217 e. The molecule has 132 valence electrons. The molecular formula is C19H34N2O2. The highest BCUT2D eigenvalue weighted by Crippen LogP contribution is 2.29. The van der Waals surface area contributed by atoms with Crippen molar-refractivity contribution in [2.24, 2.45) is 0 Å². The highest BCUT2D eigenvalue weighted by molar-refractivity contribution is 5.73. The molecule has 0 radical (unpaired) electrons. The first-order chi connectivity index (χ1) is 11.2. The monoisotopic (exact) mass is 322 g/mol. The van der Waals surface area contributed by atoms with Crippen molar-refractivity contribution in [3.63, 3.8) is 0 Å². The van der Waals surface area contributed by atoms with Crippen LogP contribution in [0.4, 0.5) is 0 Å². The van der Waals surface area contributed by atoms with Crippen molar-refractivity contribution in [2.75, 3.05) is 0 Å². The van der Waals surface area contributed by atoms with E-state index in [1.807, 2.05) is 0 Å². The number of rotatable bonds is 5. The van der Waals surface area contributed by atoms with Gasteiger partial charge in [0.2, 0.25) is 5.91 Å². The van der Waals surface area contributed by atoms with E-state index in [0.717, 1.165) is 12.8 Å². The molecule has 0 aromatic rings. The summed E-state index contributed by atoms with van der Waals surface area (Å²) in [6.07, 6.45) is 15.9. The molecule has 0 aromatic carbocycles. The molecule has 2 atom stereocenters. The van der Waals surface area contributed by atoms with Gasteiger partial charge in [0.05, 0.1) is 12.2 Å². The fourth-order valence-corrected chi connectivity index (χ4v) is 4.72. The molecule has 2 N–H and O–H groups in total. The van der Waals surface area contributed by atoms with Crippen LogP contribution in [0.3, 0.4) is 0 Å². The Morgan fingerprint density at radius 1 is 0.826 bits per heavy atom. The summed E-state index contributed by atoms with van der Waals surface area (Å²) in [6.45, 7) is 1.62. The minimum atomic E-state index is 0.110. The molecular weight excluding hydrogens is 288 g/mol. The van der Waals surface area contributed by atoms with Crippen LogP contribution in [0.15, 0.2) is 0 Å². The quantitative estimate of drug-likeness (QED) is 0.816. The Hall–Kier alpha value is -0.610. The molecule has 1 amide bonds. The Labute approximate surface area is 141 Å². The second kappa shape index (κ2) is 8.48. The summed E-state index contributed by atoms with van der Waals surface area (Å²) >= 11 is 0. The Bertz CT molecular complexity index is 374. The van der Waals surface area contributed by atoms with Crippen molar-refractivity contribution in [2.45, 2.75) is 114 Å². The van der Waals surface area contributed by atoms with E-state index in [9.17, 15) is 4.79 Å². The van der Waals surface area contributed by atoms with E-state index in [0.29, 0.717) is 30.3 Å². The van der Waals surface area contributed by atoms with Gasteiger partial charge < -0.3 is 15.4 Å². The first-order valence-electron chi connectivity index (χ1n) is 9.89. The SMILES string of the molecule is CC(=O)NC1CCC(N[C@@H]2CCCC[C@H]2OC2CCCC2)CC1. The molecule has 0 aliphatic heterocycles. The number of carbonyl (C=O) groups is 1. The average Bonchev–Trinajstić information content (AvgIpc) is 3.04. The molecule has 3 saturated carbocycles. The van der Waals surface area contributed by atoms with Crippen LogP contribution in [0.25, 0.3) is 0 Å². The summed E-state index contributed by atoms with van der Waals surface area (Å²) in [4.78, 5) is 11.2. The fraction of sp³-hybridized carbons (Fsp3) is 0.947. The number of nitrogens with one attached hydrogen (secondary N) is 2. The highest BCUT2D eigenvalue weighted by Gasteiger charge is 2.32. The van der Waals surface area contributed by atoms with Gasteiger partial charge in [-0.25, -0.2) is 0 Å². The molecule has 0 unspecified atom stereocenters. The molecule has 0 saturated heterocycles. The molecule has 3 fully saturated rings. The number of carbonyl (C=O) groups excluding carboxylic acids is 1. The van der Waals surface area contributed by atoms with Gasteiger partial charge in [0, 0.05) is 25.0 Å². The van der Waals surface area contributed by atoms with Crippen molar-refractivity contribution < 1.29 is 9.53 Å². The largest absolute Gasteiger partial charge is 0.373 e. The van der Waals surface area contributed by atoms with Crippen molar-refractivity contribution >= 4 is 5.91 Å². The van der Waals surface area contributed by atoms with Crippen LogP contribution in [-0.2, 0) is 9.53 Å². The van der Waals surface area contributed by atoms with Crippen molar-refractivity contribution in [3.8, 4) is 0 Å². The highest BCUT2D eigenvalue weighted by atomic mass is 16.5. The van der Waals surface area contributed by atoms with E-state index in [2.05, 4.69) is 10.6 Å². The Morgan fingerprint density at radius 3 is 2.13 bits per heavy atom. The molecule has 0 spiro atoms. The van der Waals surface area contributed by atoms with Crippen LogP contribution in [0, 0.1) is 0 Å². The average molecular weight is 322 g/mol. The lowest BCUT2D eigenvalue weighted by atomic mass is 9.87. The van der Waals surface area contributed by atoms with Gasteiger partial charge in [-0.3, -0.25) is 4.79 Å². The zero-order valence-corrected chi connectivity index (χ0v) is 14.7. The third-order valence-electron chi connectivity index (χ3n) is 5.96. The summed E-state index contributed by atoms with van der Waals surface area (Å²) in [7, 11) is 0. The molecule has 0 aromatic heterocycles. The van der Waals surface area contributed by atoms with Crippen LogP contribution < -0.4 is 10.6 Å². The third kappa shape index (κ3) is 5.18. The van der Waals surface area contributed by atoms with Crippen molar-refractivity contribution in [1.29, 1.82) is 0 Å². The zero-order chi connectivity index (χ0) is 16.1. The predicted octanol–water partition coefficient (Wildman–Crippen LogP) is 3.29. The molecule has 3 aliphatic carbocycles. The van der Waals surface area contributed by atoms with E-state index in [1.54, 1.807) is 6.92 Å². The summed E-state index contributed by atoms with van der Waals surface area (Å²) in [6, 6.07) is 1.55. The van der Waals surface area contributed by atoms with Gasteiger partial charge in [0.1, 0.15) is 0 Å². The minimum Gasteiger partial charge on any atom is -0.373 e. The summed E-state index contributed by atoms with van der Waals surface area (Å²) in [5, 5.41) is 6.99. The van der Waals surface area contributed by atoms with Gasteiger partial charge in [0.15, 0.2) is 0 Å². The first-order valence-corrected chi connectivity index (χ1v) is 9.89. The van der Waals surface area contributed by atoms with Gasteiger partial charge in [0.25, 0.3) is 0 Å². The predicted molar refractivity (Wildman–Crippen MR) is 92.4 cm³/mol. The number of ether oxygens (including phenoxy) is 1. The molecule has 0 heterocycles. The van der Waals surface area contributed by atoms with Gasteiger partial charge in [-0.2, -0.15) is 0 Å². The second-order valence-electron chi connectivity index (χ2n) is 7.89. The standard InChI is InChI=1S/C19H34N2O2/c1-14(22)20-15-10-12-16(13-11-15)21-18-8-4-5-9-19(18)23-17-6-2-3-7-17/h15-19,21H,2-13H2,1H3,(H,20,22)/t15?,16?,18-,19-/m1/s1. The van der Waals surface area contributed by atoms with Crippen LogP contribution >= 0.6 is 0 Å². The number of amides is 1. The van der Waals surface area contributed by atoms with Crippen LogP contribution in [0.1, 0.15) is 84.0 Å². The van der Waals surface area contributed by atoms with Crippen molar-refractivity contribution in [3.05, 3.63) is 0 Å².